The van der Waals surface area contributed by atoms with Crippen LogP contribution in [0.4, 0.5) is 0 Å². The molecule has 18 heavy (non-hydrogen) atoms. The molecule has 0 bridgehead atoms. The van der Waals surface area contributed by atoms with E-state index in [0.717, 1.165) is 13.1 Å². The molecule has 1 aliphatic carbocycles. The Morgan fingerprint density at radius 1 is 1.17 bits per heavy atom. The highest BCUT2D eigenvalue weighted by Crippen LogP contribution is 2.37. The van der Waals surface area contributed by atoms with Crippen molar-refractivity contribution in [2.45, 2.75) is 50.3 Å². The van der Waals surface area contributed by atoms with Crippen molar-refractivity contribution >= 4 is 11.8 Å². The van der Waals surface area contributed by atoms with Gasteiger partial charge in [-0.3, -0.25) is 0 Å². The normalized spacial score (nSPS) is 18.8. The Kier molecular flexibility index (Phi) is 5.13. The Morgan fingerprint density at radius 2 is 1.89 bits per heavy atom. The van der Waals surface area contributed by atoms with Crippen LogP contribution in [0.1, 0.15) is 43.2 Å². The monoisotopic (exact) mass is 263 g/mol. The molecule has 0 amide bonds. The van der Waals surface area contributed by atoms with E-state index >= 15 is 0 Å². The summed E-state index contributed by atoms with van der Waals surface area (Å²) in [6, 6.07) is 8.68. The Morgan fingerprint density at radius 3 is 2.56 bits per heavy atom. The first-order chi connectivity index (χ1) is 8.76. The summed E-state index contributed by atoms with van der Waals surface area (Å²) in [6.07, 6.45) is 9.30. The lowest BCUT2D eigenvalue weighted by atomic mass is 9.88. The summed E-state index contributed by atoms with van der Waals surface area (Å²) in [4.78, 5) is 0. The average molecular weight is 263 g/mol. The van der Waals surface area contributed by atoms with E-state index in [-0.39, 0.29) is 0 Å². The molecule has 0 saturated heterocycles. The molecule has 1 aromatic carbocycles. The van der Waals surface area contributed by atoms with Crippen LogP contribution in [-0.4, -0.2) is 17.5 Å². The fraction of sp³-hybridized carbons (Fsp3) is 0.625. The number of thioether (sulfide) groups is 1. The molecule has 2 rings (SSSR count). The largest absolute Gasteiger partial charge is 0.311 e. The summed E-state index contributed by atoms with van der Waals surface area (Å²) in [6.45, 7) is 4.36. The van der Waals surface area contributed by atoms with Crippen molar-refractivity contribution in [3.8, 4) is 0 Å². The number of hydrogen-bond donors (Lipinski definition) is 1. The Hall–Kier alpha value is -0.470. The van der Waals surface area contributed by atoms with E-state index in [0.29, 0.717) is 4.75 Å². The van der Waals surface area contributed by atoms with Crippen molar-refractivity contribution in [1.29, 1.82) is 0 Å². The summed E-state index contributed by atoms with van der Waals surface area (Å²) in [7, 11) is 0. The van der Waals surface area contributed by atoms with Crippen molar-refractivity contribution in [2.75, 3.05) is 12.8 Å². The fourth-order valence-electron chi connectivity index (χ4n) is 2.88. The van der Waals surface area contributed by atoms with Crippen LogP contribution in [0, 0.1) is 6.92 Å². The summed E-state index contributed by atoms with van der Waals surface area (Å²) in [5.41, 5.74) is 2.83. The highest BCUT2D eigenvalue weighted by Gasteiger charge is 2.30. The highest BCUT2D eigenvalue weighted by molar-refractivity contribution is 8.00. The molecule has 1 aliphatic rings. The molecule has 1 saturated carbocycles. The number of hydrogen-bond acceptors (Lipinski definition) is 2. The summed E-state index contributed by atoms with van der Waals surface area (Å²) >= 11 is 2.07. The van der Waals surface area contributed by atoms with Crippen LogP contribution in [0.15, 0.2) is 24.3 Å². The predicted octanol–water partition coefficient (Wildman–Crippen LogP) is 4.15. The van der Waals surface area contributed by atoms with Crippen molar-refractivity contribution < 1.29 is 0 Å². The van der Waals surface area contributed by atoms with E-state index < -0.39 is 0 Å². The lowest BCUT2D eigenvalue weighted by molar-refractivity contribution is 0.379. The minimum absolute atomic E-state index is 0.501. The number of nitrogens with one attached hydrogen (secondary N) is 1. The van der Waals surface area contributed by atoms with Gasteiger partial charge in [-0.05, 0) is 37.1 Å². The first-order valence-corrected chi connectivity index (χ1v) is 8.29. The summed E-state index contributed by atoms with van der Waals surface area (Å²) < 4.78 is 0.501. The Balaban J connectivity index is 1.85. The van der Waals surface area contributed by atoms with Gasteiger partial charge in [0, 0.05) is 17.8 Å². The topological polar surface area (TPSA) is 12.0 Å². The standard InChI is InChI=1S/C16H25NS/c1-14-8-4-5-9-15(14)12-17-13-16(18-2)10-6-3-7-11-16/h4-5,8-9,17H,3,6-7,10-13H2,1-2H3. The van der Waals surface area contributed by atoms with Crippen LogP contribution in [0.5, 0.6) is 0 Å². The van der Waals surface area contributed by atoms with Gasteiger partial charge in [0.1, 0.15) is 0 Å². The van der Waals surface area contributed by atoms with Gasteiger partial charge >= 0.3 is 0 Å². The Bertz CT molecular complexity index is 369. The quantitative estimate of drug-likeness (QED) is 0.856. The van der Waals surface area contributed by atoms with Crippen LogP contribution in [0.25, 0.3) is 0 Å². The zero-order valence-electron chi connectivity index (χ0n) is 11.7. The van der Waals surface area contributed by atoms with Gasteiger partial charge < -0.3 is 5.32 Å². The molecule has 0 heterocycles. The van der Waals surface area contributed by atoms with Crippen LogP contribution in [0.2, 0.25) is 0 Å². The molecule has 0 aliphatic heterocycles. The molecular weight excluding hydrogens is 238 g/mol. The van der Waals surface area contributed by atoms with Gasteiger partial charge in [-0.1, -0.05) is 43.5 Å². The minimum atomic E-state index is 0.501. The van der Waals surface area contributed by atoms with Gasteiger partial charge in [0.25, 0.3) is 0 Å². The smallest absolute Gasteiger partial charge is 0.0281 e. The van der Waals surface area contributed by atoms with Crippen LogP contribution < -0.4 is 5.32 Å². The SMILES string of the molecule is CSC1(CNCc2ccccc2C)CCCCC1. The number of benzene rings is 1. The molecular formula is C16H25NS. The van der Waals surface area contributed by atoms with Crippen molar-refractivity contribution in [2.24, 2.45) is 0 Å². The molecule has 0 spiro atoms. The van der Waals surface area contributed by atoms with Crippen LogP contribution >= 0.6 is 11.8 Å². The second kappa shape index (κ2) is 6.63. The van der Waals surface area contributed by atoms with Gasteiger partial charge in [0.15, 0.2) is 0 Å². The molecule has 0 unspecified atom stereocenters. The maximum Gasteiger partial charge on any atom is 0.0281 e. The second-order valence-electron chi connectivity index (χ2n) is 5.48. The summed E-state index contributed by atoms with van der Waals surface area (Å²) in [5, 5.41) is 3.68. The van der Waals surface area contributed by atoms with Gasteiger partial charge in [-0.15, -0.1) is 0 Å². The van der Waals surface area contributed by atoms with Crippen molar-refractivity contribution in [1.82, 2.24) is 5.32 Å². The maximum atomic E-state index is 3.68. The zero-order valence-corrected chi connectivity index (χ0v) is 12.5. The number of rotatable bonds is 5. The van der Waals surface area contributed by atoms with Gasteiger partial charge in [0.2, 0.25) is 0 Å². The zero-order chi connectivity index (χ0) is 12.8. The lowest BCUT2D eigenvalue weighted by Gasteiger charge is -2.36. The van der Waals surface area contributed by atoms with Crippen molar-refractivity contribution in [3.05, 3.63) is 35.4 Å². The fourth-order valence-corrected chi connectivity index (χ4v) is 3.83. The van der Waals surface area contributed by atoms with Crippen LogP contribution in [0.3, 0.4) is 0 Å². The van der Waals surface area contributed by atoms with E-state index in [1.54, 1.807) is 0 Å². The maximum absolute atomic E-state index is 3.68. The molecule has 1 fully saturated rings. The Labute approximate surface area is 116 Å². The molecule has 1 N–H and O–H groups in total. The van der Waals surface area contributed by atoms with Gasteiger partial charge in [-0.25, -0.2) is 0 Å². The molecule has 2 heteroatoms. The van der Waals surface area contributed by atoms with E-state index in [2.05, 4.69) is 54.5 Å². The van der Waals surface area contributed by atoms with Crippen molar-refractivity contribution in [3.63, 3.8) is 0 Å². The van der Waals surface area contributed by atoms with Gasteiger partial charge in [0.05, 0.1) is 0 Å². The molecule has 1 aromatic rings. The summed E-state index contributed by atoms with van der Waals surface area (Å²) in [5.74, 6) is 0. The molecule has 100 valence electrons. The third-order valence-corrected chi connectivity index (χ3v) is 5.64. The van der Waals surface area contributed by atoms with E-state index in [4.69, 9.17) is 0 Å². The minimum Gasteiger partial charge on any atom is -0.311 e. The third-order valence-electron chi connectivity index (χ3n) is 4.22. The van der Waals surface area contributed by atoms with Gasteiger partial charge in [-0.2, -0.15) is 11.8 Å². The van der Waals surface area contributed by atoms with E-state index in [9.17, 15) is 0 Å². The molecule has 0 atom stereocenters. The number of aryl methyl sites for hydroxylation is 1. The van der Waals surface area contributed by atoms with E-state index in [1.807, 2.05) is 0 Å². The lowest BCUT2D eigenvalue weighted by Crippen LogP contribution is -2.39. The molecule has 0 aromatic heterocycles. The van der Waals surface area contributed by atoms with Crippen LogP contribution in [-0.2, 0) is 6.54 Å². The second-order valence-corrected chi connectivity index (χ2v) is 6.75. The predicted molar refractivity (Wildman–Crippen MR) is 82.2 cm³/mol. The highest BCUT2D eigenvalue weighted by atomic mass is 32.2. The van der Waals surface area contributed by atoms with E-state index in [1.165, 1.54) is 43.2 Å². The molecule has 0 radical (unpaired) electrons. The average Bonchev–Trinajstić information content (AvgIpc) is 2.42. The third kappa shape index (κ3) is 3.52. The first-order valence-electron chi connectivity index (χ1n) is 7.06. The molecule has 1 nitrogen and oxygen atoms in total. The first kappa shape index (κ1) is 14.0.